The van der Waals surface area contributed by atoms with Crippen molar-refractivity contribution < 1.29 is 9.90 Å². The quantitative estimate of drug-likeness (QED) is 0.881. The molecular formula is C16H24N2O2. The molecule has 1 heterocycles. The van der Waals surface area contributed by atoms with Crippen molar-refractivity contribution in [1.82, 2.24) is 4.98 Å². The lowest BCUT2D eigenvalue weighted by Crippen LogP contribution is -2.40. The number of carboxylic acids is 1. The van der Waals surface area contributed by atoms with Gasteiger partial charge in [-0.1, -0.05) is 27.7 Å². The highest BCUT2D eigenvalue weighted by Crippen LogP contribution is 2.46. The SMILES string of the molecule is CC1(C)CC(Nc2ccc(C(=O)O)cn2)CC(C)(C)C1. The molecule has 2 N–H and O–H groups in total. The van der Waals surface area contributed by atoms with E-state index in [-0.39, 0.29) is 5.56 Å². The maximum atomic E-state index is 10.8. The van der Waals surface area contributed by atoms with Crippen molar-refractivity contribution in [3.8, 4) is 0 Å². The standard InChI is InChI=1S/C16H24N2O2/c1-15(2)7-12(8-16(3,4)10-15)18-13-6-5-11(9-17-13)14(19)20/h5-6,9,12H,7-8,10H2,1-4H3,(H,17,18)(H,19,20). The highest BCUT2D eigenvalue weighted by Gasteiger charge is 2.38. The molecule has 1 aliphatic rings. The topological polar surface area (TPSA) is 62.2 Å². The van der Waals surface area contributed by atoms with Crippen LogP contribution in [0.25, 0.3) is 0 Å². The van der Waals surface area contributed by atoms with E-state index < -0.39 is 5.97 Å². The van der Waals surface area contributed by atoms with Gasteiger partial charge in [0, 0.05) is 12.2 Å². The first kappa shape index (κ1) is 14.8. The molecule has 110 valence electrons. The number of hydrogen-bond donors (Lipinski definition) is 2. The van der Waals surface area contributed by atoms with Crippen LogP contribution in [0.3, 0.4) is 0 Å². The first-order chi connectivity index (χ1) is 9.17. The van der Waals surface area contributed by atoms with Crippen LogP contribution in [-0.2, 0) is 0 Å². The second kappa shape index (κ2) is 5.08. The third kappa shape index (κ3) is 3.71. The molecule has 0 bridgehead atoms. The fourth-order valence-corrected chi connectivity index (χ4v) is 3.76. The lowest BCUT2D eigenvalue weighted by molar-refractivity contribution is 0.0696. The van der Waals surface area contributed by atoms with Crippen molar-refractivity contribution in [2.45, 2.75) is 53.0 Å². The average Bonchev–Trinajstić information content (AvgIpc) is 2.25. The summed E-state index contributed by atoms with van der Waals surface area (Å²) in [5.41, 5.74) is 0.862. The van der Waals surface area contributed by atoms with E-state index in [4.69, 9.17) is 5.11 Å². The van der Waals surface area contributed by atoms with Gasteiger partial charge in [0.05, 0.1) is 5.56 Å². The highest BCUT2D eigenvalue weighted by atomic mass is 16.4. The smallest absolute Gasteiger partial charge is 0.337 e. The lowest BCUT2D eigenvalue weighted by atomic mass is 9.63. The Balaban J connectivity index is 2.07. The molecule has 1 aromatic heterocycles. The number of nitrogens with one attached hydrogen (secondary N) is 1. The van der Waals surface area contributed by atoms with Gasteiger partial charge in [-0.25, -0.2) is 9.78 Å². The van der Waals surface area contributed by atoms with Crippen LogP contribution in [0.15, 0.2) is 18.3 Å². The Morgan fingerprint density at radius 3 is 2.30 bits per heavy atom. The number of nitrogens with zero attached hydrogens (tertiary/aromatic N) is 1. The molecule has 20 heavy (non-hydrogen) atoms. The molecule has 4 nitrogen and oxygen atoms in total. The summed E-state index contributed by atoms with van der Waals surface area (Å²) in [6.07, 6.45) is 4.85. The lowest BCUT2D eigenvalue weighted by Gasteiger charge is -2.45. The third-order valence-corrected chi connectivity index (χ3v) is 3.92. The van der Waals surface area contributed by atoms with Crippen LogP contribution in [0.1, 0.15) is 57.3 Å². The van der Waals surface area contributed by atoms with Crippen molar-refractivity contribution >= 4 is 11.8 Å². The first-order valence-electron chi connectivity index (χ1n) is 7.13. The number of hydrogen-bond acceptors (Lipinski definition) is 3. The Morgan fingerprint density at radius 1 is 1.25 bits per heavy atom. The molecule has 1 aliphatic carbocycles. The predicted molar refractivity (Wildman–Crippen MR) is 80.0 cm³/mol. The zero-order chi connectivity index (χ0) is 15.0. The number of anilines is 1. The first-order valence-corrected chi connectivity index (χ1v) is 7.13. The van der Waals surface area contributed by atoms with Crippen LogP contribution >= 0.6 is 0 Å². The highest BCUT2D eigenvalue weighted by molar-refractivity contribution is 5.87. The molecule has 1 saturated carbocycles. The summed E-state index contributed by atoms with van der Waals surface area (Å²) in [5.74, 6) is -0.183. The zero-order valence-electron chi connectivity index (χ0n) is 12.7. The fourth-order valence-electron chi connectivity index (χ4n) is 3.76. The summed E-state index contributed by atoms with van der Waals surface area (Å²) in [4.78, 5) is 15.0. The van der Waals surface area contributed by atoms with Crippen LogP contribution in [0, 0.1) is 10.8 Å². The summed E-state index contributed by atoms with van der Waals surface area (Å²) in [7, 11) is 0. The Morgan fingerprint density at radius 2 is 1.85 bits per heavy atom. The number of aromatic carboxylic acids is 1. The molecule has 0 amide bonds. The molecule has 0 unspecified atom stereocenters. The number of aromatic nitrogens is 1. The summed E-state index contributed by atoms with van der Waals surface area (Å²) in [5, 5.41) is 12.3. The van der Waals surface area contributed by atoms with E-state index in [1.54, 1.807) is 12.1 Å². The maximum absolute atomic E-state index is 10.8. The van der Waals surface area contributed by atoms with Gasteiger partial charge in [0.1, 0.15) is 5.82 Å². The molecule has 0 saturated heterocycles. The second-order valence-electron chi connectivity index (χ2n) is 7.49. The minimum atomic E-state index is -0.941. The van der Waals surface area contributed by atoms with Gasteiger partial charge in [0.15, 0.2) is 0 Å². The molecule has 0 aromatic carbocycles. The van der Waals surface area contributed by atoms with Gasteiger partial charge in [-0.3, -0.25) is 0 Å². The van der Waals surface area contributed by atoms with Crippen molar-refractivity contribution in [3.05, 3.63) is 23.9 Å². The van der Waals surface area contributed by atoms with Crippen molar-refractivity contribution in [3.63, 3.8) is 0 Å². The Kier molecular flexibility index (Phi) is 3.76. The van der Waals surface area contributed by atoms with Crippen LogP contribution in [0.4, 0.5) is 5.82 Å². The zero-order valence-corrected chi connectivity index (χ0v) is 12.7. The molecule has 1 aromatic rings. The Labute approximate surface area is 120 Å². The maximum Gasteiger partial charge on any atom is 0.337 e. The summed E-state index contributed by atoms with van der Waals surface area (Å²) in [6.45, 7) is 9.24. The van der Waals surface area contributed by atoms with Crippen molar-refractivity contribution in [2.24, 2.45) is 10.8 Å². The van der Waals surface area contributed by atoms with E-state index >= 15 is 0 Å². The van der Waals surface area contributed by atoms with Gasteiger partial charge < -0.3 is 10.4 Å². The molecule has 0 radical (unpaired) electrons. The molecule has 0 atom stereocenters. The van der Waals surface area contributed by atoms with Gasteiger partial charge in [-0.15, -0.1) is 0 Å². The van der Waals surface area contributed by atoms with Gasteiger partial charge in [0.2, 0.25) is 0 Å². The third-order valence-electron chi connectivity index (χ3n) is 3.92. The number of rotatable bonds is 3. The number of pyridine rings is 1. The van der Waals surface area contributed by atoms with Gasteiger partial charge in [-0.05, 0) is 42.2 Å². The van der Waals surface area contributed by atoms with E-state index in [9.17, 15) is 4.79 Å². The molecular weight excluding hydrogens is 252 g/mol. The van der Waals surface area contributed by atoms with E-state index in [1.807, 2.05) is 0 Å². The van der Waals surface area contributed by atoms with Crippen LogP contribution in [0.2, 0.25) is 0 Å². The van der Waals surface area contributed by atoms with Gasteiger partial charge >= 0.3 is 5.97 Å². The molecule has 0 spiro atoms. The minimum absolute atomic E-state index is 0.222. The Bertz CT molecular complexity index is 476. The van der Waals surface area contributed by atoms with Crippen molar-refractivity contribution in [2.75, 3.05) is 5.32 Å². The van der Waals surface area contributed by atoms with Gasteiger partial charge in [0.25, 0.3) is 0 Å². The normalized spacial score (nSPS) is 21.4. The van der Waals surface area contributed by atoms with E-state index in [0.29, 0.717) is 16.9 Å². The molecule has 4 heteroatoms. The second-order valence-corrected chi connectivity index (χ2v) is 7.49. The molecule has 0 aliphatic heterocycles. The number of carbonyl (C=O) groups is 1. The summed E-state index contributed by atoms with van der Waals surface area (Å²) < 4.78 is 0. The Hall–Kier alpha value is -1.58. The van der Waals surface area contributed by atoms with Crippen LogP contribution < -0.4 is 5.32 Å². The van der Waals surface area contributed by atoms with Crippen LogP contribution in [0.5, 0.6) is 0 Å². The number of carboxylic acid groups (broad SMARTS) is 1. The van der Waals surface area contributed by atoms with Crippen LogP contribution in [-0.4, -0.2) is 22.1 Å². The molecule has 1 fully saturated rings. The molecule has 2 rings (SSSR count). The largest absolute Gasteiger partial charge is 0.478 e. The monoisotopic (exact) mass is 276 g/mol. The van der Waals surface area contributed by atoms with Crippen molar-refractivity contribution in [1.29, 1.82) is 0 Å². The fraction of sp³-hybridized carbons (Fsp3) is 0.625. The predicted octanol–water partition coefficient (Wildman–Crippen LogP) is 3.80. The van der Waals surface area contributed by atoms with E-state index in [2.05, 4.69) is 38.0 Å². The average molecular weight is 276 g/mol. The summed E-state index contributed by atoms with van der Waals surface area (Å²) in [6, 6.07) is 3.73. The van der Waals surface area contributed by atoms with E-state index in [1.165, 1.54) is 12.6 Å². The van der Waals surface area contributed by atoms with Gasteiger partial charge in [-0.2, -0.15) is 0 Å². The van der Waals surface area contributed by atoms with E-state index in [0.717, 1.165) is 18.7 Å². The minimum Gasteiger partial charge on any atom is -0.478 e. The summed E-state index contributed by atoms with van der Waals surface area (Å²) >= 11 is 0.